The Morgan fingerprint density at radius 2 is 1.57 bits per heavy atom. The van der Waals surface area contributed by atoms with Gasteiger partial charge < -0.3 is 68.3 Å². The summed E-state index contributed by atoms with van der Waals surface area (Å²) < 4.78 is 49.8. The van der Waals surface area contributed by atoms with Gasteiger partial charge in [0.1, 0.15) is 35.4 Å². The summed E-state index contributed by atoms with van der Waals surface area (Å²) in [5.41, 5.74) is -3.66. The quantitative estimate of drug-likeness (QED) is 0.193. The van der Waals surface area contributed by atoms with E-state index in [2.05, 4.69) is 10.5 Å². The molecule has 0 unspecified atom stereocenters. The number of fused-ring (bicyclic) bond motifs is 1. The maximum absolute atomic E-state index is 14.7. The number of carbonyl (C=O) groups is 3. The average molecular weight is 922 g/mol. The highest BCUT2D eigenvalue weighted by Gasteiger charge is 2.54. The predicted octanol–water partition coefficient (Wildman–Crippen LogP) is 2.92. The maximum Gasteiger partial charge on any atom is 0.311 e. The van der Waals surface area contributed by atoms with Crippen LogP contribution in [0.25, 0.3) is 11.0 Å². The molecule has 3 aliphatic rings. The number of Topliss-reactive ketones (excluding diaryl/α,β-unsaturated/α-hetero) is 1. The molecule has 0 spiro atoms. The molecule has 3 aliphatic heterocycles. The summed E-state index contributed by atoms with van der Waals surface area (Å²) in [7, 11) is 6.69. The fourth-order valence-electron chi connectivity index (χ4n) is 10.1. The third-order valence-corrected chi connectivity index (χ3v) is 14.4. The summed E-state index contributed by atoms with van der Waals surface area (Å²) in [4.78, 5) is 44.2. The number of nitrogens with one attached hydrogen (secondary N) is 1. The minimum Gasteiger partial charge on any atom is -0.459 e. The van der Waals surface area contributed by atoms with Crippen LogP contribution in [-0.4, -0.2) is 167 Å². The molecule has 1 aromatic heterocycles. The zero-order valence-corrected chi connectivity index (χ0v) is 40.4. The summed E-state index contributed by atoms with van der Waals surface area (Å²) in [6.07, 6.45) is -10.3. The molecule has 5 rings (SSSR count). The molecule has 18 heteroatoms. The number of esters is 1. The fourth-order valence-corrected chi connectivity index (χ4v) is 10.1. The van der Waals surface area contributed by atoms with Gasteiger partial charge in [0, 0.05) is 62.8 Å². The number of aliphatic hydroxyl groups is 4. The number of hydrogen-bond donors (Lipinski definition) is 5. The second kappa shape index (κ2) is 21.4. The monoisotopic (exact) mass is 922 g/mol. The molecule has 1 amide bonds. The van der Waals surface area contributed by atoms with Gasteiger partial charge in [0.05, 0.1) is 54.1 Å². The Morgan fingerprint density at radius 1 is 0.908 bits per heavy atom. The van der Waals surface area contributed by atoms with E-state index < -0.39 is 113 Å². The number of aliphatic hydroxyl groups excluding tert-OH is 3. The highest BCUT2D eigenvalue weighted by molar-refractivity contribution is 5.86. The van der Waals surface area contributed by atoms with Crippen LogP contribution in [0.2, 0.25) is 0 Å². The van der Waals surface area contributed by atoms with E-state index in [0.717, 1.165) is 0 Å². The molecule has 0 radical (unpaired) electrons. The topological polar surface area (TPSA) is 238 Å². The Morgan fingerprint density at radius 3 is 2.22 bits per heavy atom. The third-order valence-electron chi connectivity index (χ3n) is 14.4. The summed E-state index contributed by atoms with van der Waals surface area (Å²) in [5.74, 6) is -5.56. The van der Waals surface area contributed by atoms with Crippen LogP contribution in [0.1, 0.15) is 93.7 Å². The third kappa shape index (κ3) is 11.6. The first-order valence-corrected chi connectivity index (χ1v) is 22.9. The lowest BCUT2D eigenvalue weighted by atomic mass is 9.73. The number of amides is 1. The van der Waals surface area contributed by atoms with Crippen LogP contribution in [-0.2, 0) is 54.0 Å². The lowest BCUT2D eigenvalue weighted by Gasteiger charge is -2.50. The van der Waals surface area contributed by atoms with E-state index in [1.807, 2.05) is 32.0 Å². The Kier molecular flexibility index (Phi) is 17.4. The molecule has 368 valence electrons. The van der Waals surface area contributed by atoms with Crippen molar-refractivity contribution in [2.45, 2.75) is 179 Å². The van der Waals surface area contributed by atoms with Crippen LogP contribution in [0.3, 0.4) is 0 Å². The smallest absolute Gasteiger partial charge is 0.311 e. The molecule has 65 heavy (non-hydrogen) atoms. The molecule has 2 aromatic rings. The van der Waals surface area contributed by atoms with E-state index in [0.29, 0.717) is 23.1 Å². The normalized spacial score (nSPS) is 41.5. The number of likely N-dealkylation sites (N-methyl/N-ethyl adjacent to an activating group) is 1. The first kappa shape index (κ1) is 52.8. The summed E-state index contributed by atoms with van der Waals surface area (Å²) in [5, 5.41) is 54.4. The van der Waals surface area contributed by atoms with Gasteiger partial charge in [-0.3, -0.25) is 14.4 Å². The van der Waals surface area contributed by atoms with Crippen LogP contribution in [0, 0.1) is 23.7 Å². The highest BCUT2D eigenvalue weighted by Crippen LogP contribution is 2.42. The number of aromatic nitrogens is 1. The summed E-state index contributed by atoms with van der Waals surface area (Å²) in [6, 6.07) is 6.81. The number of ketones is 1. The molecular weight excluding hydrogens is 847 g/mol. The van der Waals surface area contributed by atoms with Gasteiger partial charge in [-0.15, -0.1) is 0 Å². The van der Waals surface area contributed by atoms with Crippen LogP contribution in [0.5, 0.6) is 0 Å². The van der Waals surface area contributed by atoms with Gasteiger partial charge in [0.15, 0.2) is 18.2 Å². The van der Waals surface area contributed by atoms with Crippen LogP contribution in [0.15, 0.2) is 28.8 Å². The molecule has 1 aromatic carbocycles. The van der Waals surface area contributed by atoms with E-state index >= 15 is 0 Å². The zero-order chi connectivity index (χ0) is 48.3. The number of methoxy groups -OCH3 is 2. The molecular formula is C47H75N3O15. The van der Waals surface area contributed by atoms with Crippen molar-refractivity contribution in [1.29, 1.82) is 0 Å². The lowest BCUT2D eigenvalue weighted by molar-refractivity contribution is -0.319. The predicted molar refractivity (Wildman–Crippen MR) is 236 cm³/mol. The van der Waals surface area contributed by atoms with Crippen molar-refractivity contribution in [2.75, 3.05) is 34.9 Å². The number of carbonyl (C=O) groups excluding carboxylic acids is 3. The zero-order valence-electron chi connectivity index (χ0n) is 40.4. The van der Waals surface area contributed by atoms with E-state index in [1.165, 1.54) is 28.1 Å². The van der Waals surface area contributed by atoms with Crippen LogP contribution in [0.4, 0.5) is 0 Å². The minimum absolute atomic E-state index is 0.0404. The molecule has 0 aliphatic carbocycles. The minimum atomic E-state index is -2.20. The molecule has 5 N–H and O–H groups in total. The maximum atomic E-state index is 14.7. The standard InChI is InChI=1S/C47H75N3O15/c1-24-22-46(8,59-13)42(64-44-38(53)32(50(10)11)20-25(2)60-44)27(4)39(63-36-23-45(7,58-12)41(55)29(6)61-36)28(5)43(56)62-34(47(9,57)40(54)26(3)37(24)52)18-19-48-35(51)21-31-30-16-14-15-17-33(30)65-49-31/h14-17,24-29,32,34,36,38-42,44,53-55,57H,18-23H2,1-13H3,(H,48,51)/t24-,25-,26+,27+,28-,29+,32+,34-,36+,38-,39+,40-,41+,42-,44+,45-,46-,47-/m1/s1. The van der Waals surface area contributed by atoms with Crippen LogP contribution >= 0.6 is 0 Å². The van der Waals surface area contributed by atoms with Gasteiger partial charge in [-0.1, -0.05) is 38.1 Å². The molecule has 0 bridgehead atoms. The van der Waals surface area contributed by atoms with Crippen molar-refractivity contribution < 1.29 is 72.5 Å². The van der Waals surface area contributed by atoms with E-state index in [-0.39, 0.29) is 44.4 Å². The first-order chi connectivity index (χ1) is 30.4. The van der Waals surface area contributed by atoms with Crippen molar-refractivity contribution in [3.05, 3.63) is 30.0 Å². The van der Waals surface area contributed by atoms with Gasteiger partial charge in [0.25, 0.3) is 0 Å². The molecule has 18 atom stereocenters. The Bertz CT molecular complexity index is 1910. The van der Waals surface area contributed by atoms with Crippen LogP contribution < -0.4 is 5.32 Å². The molecule has 18 nitrogen and oxygen atoms in total. The van der Waals surface area contributed by atoms with E-state index in [4.69, 9.17) is 37.7 Å². The summed E-state index contributed by atoms with van der Waals surface area (Å²) in [6.45, 7) is 14.9. The number of hydrogen-bond acceptors (Lipinski definition) is 17. The molecule has 3 saturated heterocycles. The van der Waals surface area contributed by atoms with Crippen molar-refractivity contribution in [3.63, 3.8) is 0 Å². The van der Waals surface area contributed by atoms with Gasteiger partial charge >= 0.3 is 5.97 Å². The lowest BCUT2D eigenvalue weighted by Crippen LogP contribution is -2.61. The van der Waals surface area contributed by atoms with Gasteiger partial charge in [0.2, 0.25) is 5.91 Å². The fraction of sp³-hybridized carbons (Fsp3) is 0.787. The summed E-state index contributed by atoms with van der Waals surface area (Å²) >= 11 is 0. The second-order valence-corrected chi connectivity index (χ2v) is 19.7. The first-order valence-electron chi connectivity index (χ1n) is 22.9. The van der Waals surface area contributed by atoms with Gasteiger partial charge in [-0.25, -0.2) is 0 Å². The molecule has 3 fully saturated rings. The molecule has 0 saturated carbocycles. The SMILES string of the molecule is CO[C@]1(C)C[C@@H](C)C(=O)[C@H](C)[C@@H](O)[C@](C)(O)[C@@H](CCNC(=O)Cc2noc3ccccc23)OC(=O)[C@H](C)[C@@H](O[C@H]2C[C@@](C)(OC)[C@@H](O)[C@H](C)O2)[C@H](C)[C@H]1O[C@@H]1O[C@H](C)C[C@H](N(C)C)[C@H]1O. The Balaban J connectivity index is 1.54. The number of nitrogens with zero attached hydrogens (tertiary/aromatic N) is 2. The average Bonchev–Trinajstić information content (AvgIpc) is 3.67. The van der Waals surface area contributed by atoms with Crippen molar-refractivity contribution in [2.24, 2.45) is 23.7 Å². The highest BCUT2D eigenvalue weighted by atomic mass is 16.7. The van der Waals surface area contributed by atoms with E-state index in [1.54, 1.807) is 59.7 Å². The number of benzene rings is 1. The number of rotatable bonds is 12. The Labute approximate surface area is 382 Å². The Hall–Kier alpha value is -3.14. The van der Waals surface area contributed by atoms with Crippen molar-refractivity contribution in [3.8, 4) is 0 Å². The number of ether oxygens (including phenoxy) is 7. The number of para-hydroxylation sites is 1. The van der Waals surface area contributed by atoms with Gasteiger partial charge in [-0.2, -0.15) is 0 Å². The number of cyclic esters (lactones) is 1. The molecule has 4 heterocycles. The van der Waals surface area contributed by atoms with Crippen molar-refractivity contribution in [1.82, 2.24) is 15.4 Å². The van der Waals surface area contributed by atoms with E-state index in [9.17, 15) is 34.8 Å². The second-order valence-electron chi connectivity index (χ2n) is 19.7. The largest absolute Gasteiger partial charge is 0.459 e. The van der Waals surface area contributed by atoms with Gasteiger partial charge in [-0.05, 0) is 80.6 Å². The van der Waals surface area contributed by atoms with Crippen molar-refractivity contribution >= 4 is 28.6 Å².